The minimum atomic E-state index is 0.748. The normalized spacial score (nSPS) is 10.5. The molecule has 1 aromatic carbocycles. The van der Waals surface area contributed by atoms with E-state index in [2.05, 4.69) is 22.4 Å². The second-order valence-corrected chi connectivity index (χ2v) is 3.43. The summed E-state index contributed by atoms with van der Waals surface area (Å²) in [6, 6.07) is 10.2. The lowest BCUT2D eigenvalue weighted by atomic mass is 10.1. The van der Waals surface area contributed by atoms with Crippen molar-refractivity contribution in [2.75, 3.05) is 7.05 Å². The van der Waals surface area contributed by atoms with Crippen LogP contribution in [0.3, 0.4) is 0 Å². The van der Waals surface area contributed by atoms with E-state index in [1.165, 1.54) is 5.56 Å². The van der Waals surface area contributed by atoms with Gasteiger partial charge in [0.05, 0.1) is 5.69 Å². The highest BCUT2D eigenvalue weighted by molar-refractivity contribution is 5.18. The van der Waals surface area contributed by atoms with Gasteiger partial charge in [-0.2, -0.15) is 0 Å². The molecule has 0 aliphatic rings. The van der Waals surface area contributed by atoms with E-state index in [1.54, 1.807) is 6.26 Å². The van der Waals surface area contributed by atoms with Crippen LogP contribution in [0.25, 0.3) is 0 Å². The molecule has 0 saturated heterocycles. The predicted molar refractivity (Wildman–Crippen MR) is 58.5 cm³/mol. The molecule has 78 valence electrons. The van der Waals surface area contributed by atoms with Gasteiger partial charge >= 0.3 is 0 Å². The second-order valence-electron chi connectivity index (χ2n) is 3.43. The monoisotopic (exact) mass is 202 g/mol. The molecule has 2 aromatic rings. The fourth-order valence-electron chi connectivity index (χ4n) is 1.46. The van der Waals surface area contributed by atoms with Gasteiger partial charge in [0.2, 0.25) is 0 Å². The lowest BCUT2D eigenvalue weighted by Gasteiger charge is -1.95. The Balaban J connectivity index is 2.05. The van der Waals surface area contributed by atoms with E-state index in [0.29, 0.717) is 0 Å². The van der Waals surface area contributed by atoms with Crippen molar-refractivity contribution in [2.24, 2.45) is 0 Å². The van der Waals surface area contributed by atoms with Gasteiger partial charge in [0, 0.05) is 13.0 Å². The molecule has 15 heavy (non-hydrogen) atoms. The largest absolute Gasteiger partial charge is 0.448 e. The van der Waals surface area contributed by atoms with Gasteiger partial charge in [0.25, 0.3) is 0 Å². The van der Waals surface area contributed by atoms with E-state index < -0.39 is 0 Å². The number of oxazole rings is 1. The predicted octanol–water partition coefficient (Wildman–Crippen LogP) is 1.98. The highest BCUT2D eigenvalue weighted by atomic mass is 16.3. The summed E-state index contributed by atoms with van der Waals surface area (Å²) >= 11 is 0. The van der Waals surface area contributed by atoms with Gasteiger partial charge in [-0.3, -0.25) is 0 Å². The first-order valence-corrected chi connectivity index (χ1v) is 5.00. The van der Waals surface area contributed by atoms with E-state index in [9.17, 15) is 0 Å². The van der Waals surface area contributed by atoms with Crippen molar-refractivity contribution in [3.8, 4) is 0 Å². The Morgan fingerprint density at radius 1 is 1.27 bits per heavy atom. The molecule has 0 fully saturated rings. The fraction of sp³-hybridized carbons (Fsp3) is 0.250. The minimum absolute atomic E-state index is 0.748. The highest BCUT2D eigenvalue weighted by Crippen LogP contribution is 2.08. The maximum atomic E-state index is 5.37. The molecule has 0 aliphatic carbocycles. The number of rotatable bonds is 4. The first-order chi connectivity index (χ1) is 7.38. The Bertz CT molecular complexity index is 409. The van der Waals surface area contributed by atoms with E-state index in [-0.39, 0.29) is 0 Å². The lowest BCUT2D eigenvalue weighted by molar-refractivity contribution is 0.506. The number of aromatic nitrogens is 1. The third-order valence-corrected chi connectivity index (χ3v) is 2.16. The molecule has 1 aromatic heterocycles. The smallest absolute Gasteiger partial charge is 0.198 e. The molecule has 0 atom stereocenters. The van der Waals surface area contributed by atoms with Gasteiger partial charge in [0.1, 0.15) is 6.26 Å². The zero-order valence-corrected chi connectivity index (χ0v) is 8.73. The molecule has 0 saturated carbocycles. The summed E-state index contributed by atoms with van der Waals surface area (Å²) in [4.78, 5) is 4.37. The van der Waals surface area contributed by atoms with E-state index in [1.807, 2.05) is 25.2 Å². The van der Waals surface area contributed by atoms with Crippen LogP contribution in [0, 0.1) is 0 Å². The molecular weight excluding hydrogens is 188 g/mol. The zero-order valence-electron chi connectivity index (χ0n) is 8.73. The van der Waals surface area contributed by atoms with Crippen LogP contribution in [0.4, 0.5) is 0 Å². The molecule has 0 unspecified atom stereocenters. The van der Waals surface area contributed by atoms with Crippen molar-refractivity contribution in [3.63, 3.8) is 0 Å². The number of nitrogens with one attached hydrogen (secondary N) is 1. The molecule has 2 rings (SSSR count). The molecule has 3 heteroatoms. The van der Waals surface area contributed by atoms with Crippen LogP contribution < -0.4 is 5.32 Å². The Labute approximate surface area is 89.1 Å². The second kappa shape index (κ2) is 4.75. The molecule has 1 heterocycles. The van der Waals surface area contributed by atoms with Gasteiger partial charge in [-0.1, -0.05) is 30.3 Å². The van der Waals surface area contributed by atoms with Crippen LogP contribution in [-0.4, -0.2) is 12.0 Å². The molecule has 0 radical (unpaired) electrons. The standard InChI is InChI=1S/C12H14N2O/c1-13-8-11-9-15-12(14-11)7-10-5-3-2-4-6-10/h2-6,9,13H,7-8H2,1H3. The molecular formula is C12H14N2O. The van der Waals surface area contributed by atoms with Gasteiger partial charge < -0.3 is 9.73 Å². The van der Waals surface area contributed by atoms with Crippen LogP contribution in [0.5, 0.6) is 0 Å². The van der Waals surface area contributed by atoms with Crippen molar-refractivity contribution in [1.82, 2.24) is 10.3 Å². The average molecular weight is 202 g/mol. The summed E-state index contributed by atoms with van der Waals surface area (Å²) in [5, 5.41) is 3.04. The Kier molecular flexibility index (Phi) is 3.15. The van der Waals surface area contributed by atoms with Crippen molar-refractivity contribution < 1.29 is 4.42 Å². The quantitative estimate of drug-likeness (QED) is 0.823. The SMILES string of the molecule is CNCc1coc(Cc2ccccc2)n1. The highest BCUT2D eigenvalue weighted by Gasteiger charge is 2.03. The van der Waals surface area contributed by atoms with E-state index in [0.717, 1.165) is 24.6 Å². The summed E-state index contributed by atoms with van der Waals surface area (Å²) in [6.45, 7) is 0.748. The minimum Gasteiger partial charge on any atom is -0.448 e. The van der Waals surface area contributed by atoms with Crippen LogP contribution in [0.15, 0.2) is 41.0 Å². The number of nitrogens with zero attached hydrogens (tertiary/aromatic N) is 1. The number of hydrogen-bond donors (Lipinski definition) is 1. The number of benzene rings is 1. The van der Waals surface area contributed by atoms with Crippen molar-refractivity contribution in [1.29, 1.82) is 0 Å². The summed E-state index contributed by atoms with van der Waals surface area (Å²) in [6.07, 6.45) is 2.46. The van der Waals surface area contributed by atoms with Crippen LogP contribution >= 0.6 is 0 Å². The maximum absolute atomic E-state index is 5.37. The molecule has 0 amide bonds. The lowest BCUT2D eigenvalue weighted by Crippen LogP contribution is -2.05. The molecule has 0 spiro atoms. The zero-order chi connectivity index (χ0) is 10.5. The van der Waals surface area contributed by atoms with E-state index in [4.69, 9.17) is 4.42 Å². The van der Waals surface area contributed by atoms with Crippen LogP contribution in [0.2, 0.25) is 0 Å². The molecule has 0 bridgehead atoms. The molecule has 3 nitrogen and oxygen atoms in total. The van der Waals surface area contributed by atoms with Gasteiger partial charge in [-0.05, 0) is 12.6 Å². The fourth-order valence-corrected chi connectivity index (χ4v) is 1.46. The topological polar surface area (TPSA) is 38.1 Å². The Morgan fingerprint density at radius 3 is 2.80 bits per heavy atom. The van der Waals surface area contributed by atoms with Crippen molar-refractivity contribution in [3.05, 3.63) is 53.7 Å². The van der Waals surface area contributed by atoms with Gasteiger partial charge in [0.15, 0.2) is 5.89 Å². The first-order valence-electron chi connectivity index (χ1n) is 5.00. The third kappa shape index (κ3) is 2.67. The third-order valence-electron chi connectivity index (χ3n) is 2.16. The Morgan fingerprint density at radius 2 is 2.07 bits per heavy atom. The first kappa shape index (κ1) is 9.93. The van der Waals surface area contributed by atoms with Crippen LogP contribution in [0.1, 0.15) is 17.1 Å². The summed E-state index contributed by atoms with van der Waals surface area (Å²) in [7, 11) is 1.89. The van der Waals surface area contributed by atoms with Gasteiger partial charge in [-0.25, -0.2) is 4.98 Å². The van der Waals surface area contributed by atoms with E-state index >= 15 is 0 Å². The van der Waals surface area contributed by atoms with Crippen LogP contribution in [-0.2, 0) is 13.0 Å². The Hall–Kier alpha value is -1.61. The molecule has 1 N–H and O–H groups in total. The molecule has 0 aliphatic heterocycles. The van der Waals surface area contributed by atoms with Crippen molar-refractivity contribution >= 4 is 0 Å². The summed E-state index contributed by atoms with van der Waals surface area (Å²) in [5.41, 5.74) is 2.17. The van der Waals surface area contributed by atoms with Crippen molar-refractivity contribution in [2.45, 2.75) is 13.0 Å². The van der Waals surface area contributed by atoms with Gasteiger partial charge in [-0.15, -0.1) is 0 Å². The summed E-state index contributed by atoms with van der Waals surface area (Å²) < 4.78 is 5.37. The number of hydrogen-bond acceptors (Lipinski definition) is 3. The maximum Gasteiger partial charge on any atom is 0.198 e. The average Bonchev–Trinajstić information content (AvgIpc) is 2.68. The summed E-state index contributed by atoms with van der Waals surface area (Å²) in [5.74, 6) is 0.770.